The molecule has 2 fully saturated rings. The zero-order valence-electron chi connectivity index (χ0n) is 25.1. The molecule has 3 heterocycles. The van der Waals surface area contributed by atoms with Crippen LogP contribution in [0.25, 0.3) is 10.8 Å². The van der Waals surface area contributed by atoms with Crippen LogP contribution in [-0.4, -0.2) is 57.3 Å². The fourth-order valence-electron chi connectivity index (χ4n) is 5.32. The number of rotatable bonds is 6. The number of fused-ring (bicyclic) bond motifs is 1. The molecule has 4 aromatic rings. The molecule has 246 valence electrons. The first-order valence-electron chi connectivity index (χ1n) is 13.9. The van der Waals surface area contributed by atoms with E-state index in [4.69, 9.17) is 15.0 Å². The molecule has 1 aromatic heterocycles. The van der Waals surface area contributed by atoms with Crippen molar-refractivity contribution < 1.29 is 20.7 Å². The molecular formula is C30H53N11O3. The number of hydrogen-bond acceptors (Lipinski definition) is 13. The number of aromatic nitrogens is 3. The van der Waals surface area contributed by atoms with E-state index in [0.29, 0.717) is 34.3 Å². The number of aromatic hydroxyl groups is 2. The number of phenolic OH excluding ortho intramolecular Hbond substituents is 2. The minimum absolute atomic E-state index is 0. The Kier molecular flexibility index (Phi) is 12.6. The van der Waals surface area contributed by atoms with Crippen LogP contribution in [-0.2, 0) is 0 Å². The molecule has 44 heavy (non-hydrogen) atoms. The van der Waals surface area contributed by atoms with Crippen LogP contribution >= 0.6 is 0 Å². The average Bonchev–Trinajstić information content (AvgIpc) is 2.99. The molecule has 2 saturated heterocycles. The van der Waals surface area contributed by atoms with Gasteiger partial charge in [-0.3, -0.25) is 4.79 Å². The van der Waals surface area contributed by atoms with Gasteiger partial charge in [0, 0.05) is 48.6 Å². The number of nitrogens with one attached hydrogen (secondary N) is 2. The minimum Gasteiger partial charge on any atom is -0.507 e. The van der Waals surface area contributed by atoms with Gasteiger partial charge in [-0.15, -0.1) is 0 Å². The SMILES string of the molecule is N.N.N.N.O=C(Nc1ccc(Nc2nc(N3CCCCC3)nc(N3CCCCC3)n2)cc1)c1cc2cccc(O)c2cc1O.[HH].[HH].[HH].[HH]. The van der Waals surface area contributed by atoms with Crippen LogP contribution in [0.3, 0.4) is 0 Å². The number of benzene rings is 3. The predicted octanol–water partition coefficient (Wildman–Crippen LogP) is 7.04. The summed E-state index contributed by atoms with van der Waals surface area (Å²) in [6, 6.07) is 15.2. The summed E-state index contributed by atoms with van der Waals surface area (Å²) < 4.78 is 0. The fourth-order valence-corrected chi connectivity index (χ4v) is 5.32. The molecule has 0 bridgehead atoms. The highest BCUT2D eigenvalue weighted by atomic mass is 16.3. The van der Waals surface area contributed by atoms with Crippen molar-refractivity contribution in [2.75, 3.05) is 46.6 Å². The average molecular weight is 616 g/mol. The third kappa shape index (κ3) is 7.79. The standard InChI is InChI=1S/C30H33N7O3.4H3N.4H2/c38-25-9-7-8-20-18-24(26(39)19-23(20)25)27(40)31-21-10-12-22(13-11-21)32-28-33-29(36-14-3-1-4-15-36)35-30(34-28)37-16-5-2-6-17-37;;;;;;;;/h7-13,18-19,38-39H,1-6,14-17H2,(H,31,40)(H,32,33,34,35);4*1H3;4*1H. The Balaban J connectivity index is -0.00000253. The molecule has 0 spiro atoms. The highest BCUT2D eigenvalue weighted by Crippen LogP contribution is 2.31. The second-order valence-corrected chi connectivity index (χ2v) is 10.4. The van der Waals surface area contributed by atoms with E-state index < -0.39 is 5.91 Å². The topological polar surface area (TPSA) is 267 Å². The van der Waals surface area contributed by atoms with Crippen molar-refractivity contribution in [2.45, 2.75) is 38.5 Å². The predicted molar refractivity (Wildman–Crippen MR) is 185 cm³/mol. The fraction of sp³-hybridized carbons (Fsp3) is 0.333. The summed E-state index contributed by atoms with van der Waals surface area (Å²) >= 11 is 0. The van der Waals surface area contributed by atoms with E-state index in [1.54, 1.807) is 30.3 Å². The Hall–Kier alpha value is -4.76. The third-order valence-electron chi connectivity index (χ3n) is 7.51. The van der Waals surface area contributed by atoms with E-state index in [1.165, 1.54) is 25.0 Å². The maximum absolute atomic E-state index is 12.9. The van der Waals surface area contributed by atoms with Crippen molar-refractivity contribution in [2.24, 2.45) is 0 Å². The zero-order chi connectivity index (χ0) is 27.5. The maximum Gasteiger partial charge on any atom is 0.259 e. The Morgan fingerprint density at radius 3 is 1.80 bits per heavy atom. The van der Waals surface area contributed by atoms with Crippen LogP contribution < -0.4 is 45.0 Å². The lowest BCUT2D eigenvalue weighted by molar-refractivity contribution is 0.102. The lowest BCUT2D eigenvalue weighted by Crippen LogP contribution is -2.34. The Labute approximate surface area is 263 Å². The normalized spacial score (nSPS) is 14.3. The van der Waals surface area contributed by atoms with Gasteiger partial charge in [0.1, 0.15) is 11.5 Å². The molecule has 1 amide bonds. The number of hydrogen-bond donors (Lipinski definition) is 8. The zero-order valence-corrected chi connectivity index (χ0v) is 25.1. The van der Waals surface area contributed by atoms with Crippen LogP contribution in [0.1, 0.15) is 54.6 Å². The van der Waals surface area contributed by atoms with Crippen molar-refractivity contribution in [3.8, 4) is 11.5 Å². The van der Waals surface area contributed by atoms with Crippen molar-refractivity contribution in [1.82, 2.24) is 39.6 Å². The van der Waals surface area contributed by atoms with Crippen molar-refractivity contribution in [3.05, 3.63) is 60.2 Å². The second kappa shape index (κ2) is 15.6. The van der Waals surface area contributed by atoms with Gasteiger partial charge < -0.3 is 55.2 Å². The minimum atomic E-state index is -0.446. The van der Waals surface area contributed by atoms with E-state index in [1.807, 2.05) is 12.1 Å². The van der Waals surface area contributed by atoms with Crippen molar-refractivity contribution in [3.63, 3.8) is 0 Å². The molecule has 0 unspecified atom stereocenters. The van der Waals surface area contributed by atoms with Gasteiger partial charge in [0.25, 0.3) is 5.91 Å². The first-order valence-corrected chi connectivity index (χ1v) is 13.9. The van der Waals surface area contributed by atoms with Gasteiger partial charge >= 0.3 is 0 Å². The van der Waals surface area contributed by atoms with Crippen LogP contribution in [0.2, 0.25) is 0 Å². The van der Waals surface area contributed by atoms with Crippen LogP contribution in [0.5, 0.6) is 11.5 Å². The van der Waals surface area contributed by atoms with Crippen LogP contribution in [0.15, 0.2) is 54.6 Å². The molecule has 0 saturated carbocycles. The van der Waals surface area contributed by atoms with Crippen LogP contribution in [0, 0.1) is 0 Å². The number of carbonyl (C=O) groups is 1. The Morgan fingerprint density at radius 1 is 0.682 bits per heavy atom. The number of amides is 1. The van der Waals surface area contributed by atoms with Gasteiger partial charge in [0.2, 0.25) is 17.8 Å². The molecule has 16 N–H and O–H groups in total. The quantitative estimate of drug-likeness (QED) is 0.108. The van der Waals surface area contributed by atoms with Gasteiger partial charge in [-0.25, -0.2) is 0 Å². The van der Waals surface area contributed by atoms with Gasteiger partial charge in [0.15, 0.2) is 0 Å². The Morgan fingerprint density at radius 2 is 1.23 bits per heavy atom. The summed E-state index contributed by atoms with van der Waals surface area (Å²) in [5.41, 5.74) is 1.48. The molecule has 6 rings (SSSR count). The van der Waals surface area contributed by atoms with E-state index in [0.717, 1.165) is 57.5 Å². The molecule has 3 aromatic carbocycles. The first kappa shape index (κ1) is 35.4. The van der Waals surface area contributed by atoms with Crippen molar-refractivity contribution in [1.29, 1.82) is 0 Å². The summed E-state index contributed by atoms with van der Waals surface area (Å²) in [6.45, 7) is 3.80. The summed E-state index contributed by atoms with van der Waals surface area (Å²) in [4.78, 5) is 31.7. The van der Waals surface area contributed by atoms with Crippen molar-refractivity contribution >= 4 is 45.9 Å². The number of nitrogens with zero attached hydrogens (tertiary/aromatic N) is 5. The first-order chi connectivity index (χ1) is 19.5. The highest BCUT2D eigenvalue weighted by molar-refractivity contribution is 6.09. The lowest BCUT2D eigenvalue weighted by atomic mass is 10.0. The van der Waals surface area contributed by atoms with E-state index in [9.17, 15) is 15.0 Å². The molecule has 0 atom stereocenters. The summed E-state index contributed by atoms with van der Waals surface area (Å²) in [6.07, 6.45) is 7.03. The molecular weight excluding hydrogens is 562 g/mol. The molecule has 0 radical (unpaired) electrons. The number of piperidine rings is 2. The molecule has 0 aliphatic carbocycles. The lowest BCUT2D eigenvalue weighted by Gasteiger charge is -2.30. The van der Waals surface area contributed by atoms with Crippen LogP contribution in [0.4, 0.5) is 29.2 Å². The monoisotopic (exact) mass is 615 g/mol. The van der Waals surface area contributed by atoms with Gasteiger partial charge in [-0.05, 0) is 86.4 Å². The van der Waals surface area contributed by atoms with Gasteiger partial charge in [-0.2, -0.15) is 15.0 Å². The number of anilines is 5. The Bertz CT molecular complexity index is 1510. The molecule has 2 aliphatic heterocycles. The molecule has 2 aliphatic rings. The highest BCUT2D eigenvalue weighted by Gasteiger charge is 2.21. The summed E-state index contributed by atoms with van der Waals surface area (Å²) in [5, 5.41) is 27.7. The summed E-state index contributed by atoms with van der Waals surface area (Å²) in [7, 11) is 0. The largest absolute Gasteiger partial charge is 0.507 e. The number of phenols is 2. The maximum atomic E-state index is 12.9. The van der Waals surface area contributed by atoms with Gasteiger partial charge in [0.05, 0.1) is 5.56 Å². The molecule has 14 nitrogen and oxygen atoms in total. The van der Waals surface area contributed by atoms with E-state index >= 15 is 0 Å². The molecule has 14 heteroatoms. The third-order valence-corrected chi connectivity index (χ3v) is 7.51. The van der Waals surface area contributed by atoms with E-state index in [-0.39, 0.29) is 47.4 Å². The summed E-state index contributed by atoms with van der Waals surface area (Å²) in [5.74, 6) is 1.33. The second-order valence-electron chi connectivity index (χ2n) is 10.4. The van der Waals surface area contributed by atoms with E-state index in [2.05, 4.69) is 20.4 Å². The van der Waals surface area contributed by atoms with Gasteiger partial charge in [-0.1, -0.05) is 12.1 Å². The number of carbonyl (C=O) groups excluding carboxylic acids is 1. The smallest absolute Gasteiger partial charge is 0.259 e.